The van der Waals surface area contributed by atoms with E-state index in [4.69, 9.17) is 14.2 Å². The molecule has 2 amide bonds. The topological polar surface area (TPSA) is 65.1 Å². The molecule has 0 saturated carbocycles. The fraction of sp³-hybridized carbons (Fsp3) is 0.429. The minimum absolute atomic E-state index is 0.151. The Bertz CT molecular complexity index is 542. The van der Waals surface area contributed by atoms with Crippen molar-refractivity contribution in [2.75, 3.05) is 6.54 Å². The lowest BCUT2D eigenvalue weighted by Gasteiger charge is -2.21. The largest absolute Gasteiger partial charge is 0.422 e. The predicted molar refractivity (Wildman–Crippen MR) is 68.0 cm³/mol. The van der Waals surface area contributed by atoms with E-state index in [1.54, 1.807) is 38.1 Å². The van der Waals surface area contributed by atoms with Gasteiger partial charge in [-0.1, -0.05) is 18.2 Å². The molecule has 2 fully saturated rings. The molecule has 2 aliphatic heterocycles. The Labute approximate surface area is 116 Å². The van der Waals surface area contributed by atoms with Crippen LogP contribution in [0.15, 0.2) is 30.3 Å². The van der Waals surface area contributed by atoms with E-state index in [-0.39, 0.29) is 6.54 Å². The summed E-state index contributed by atoms with van der Waals surface area (Å²) in [7, 11) is 0. The zero-order chi connectivity index (χ0) is 14.3. The van der Waals surface area contributed by atoms with Gasteiger partial charge in [0, 0.05) is 0 Å². The van der Waals surface area contributed by atoms with Crippen LogP contribution in [0.5, 0.6) is 5.75 Å². The van der Waals surface area contributed by atoms with E-state index < -0.39 is 30.0 Å². The molecule has 6 heteroatoms. The average Bonchev–Trinajstić information content (AvgIpc) is 2.85. The van der Waals surface area contributed by atoms with Crippen molar-refractivity contribution in [1.82, 2.24) is 4.90 Å². The van der Waals surface area contributed by atoms with E-state index in [0.29, 0.717) is 5.75 Å². The van der Waals surface area contributed by atoms with Gasteiger partial charge in [0.05, 0.1) is 6.54 Å². The maximum absolute atomic E-state index is 12.1. The summed E-state index contributed by atoms with van der Waals surface area (Å²) in [4.78, 5) is 25.1. The highest BCUT2D eigenvalue weighted by Crippen LogP contribution is 2.34. The quantitative estimate of drug-likeness (QED) is 0.779. The SMILES string of the molecule is CC1(C)O[C@@H]2CN(C(=O)Oc3ccccc3)C(=O)[C@@H]2O1. The van der Waals surface area contributed by atoms with Crippen molar-refractivity contribution in [1.29, 1.82) is 0 Å². The van der Waals surface area contributed by atoms with Gasteiger partial charge in [-0.2, -0.15) is 0 Å². The summed E-state index contributed by atoms with van der Waals surface area (Å²) in [6, 6.07) is 8.60. The zero-order valence-corrected chi connectivity index (χ0v) is 11.2. The van der Waals surface area contributed by atoms with E-state index in [9.17, 15) is 9.59 Å². The van der Waals surface area contributed by atoms with Crippen LogP contribution < -0.4 is 4.74 Å². The van der Waals surface area contributed by atoms with E-state index in [0.717, 1.165) is 4.90 Å². The third-order valence-electron chi connectivity index (χ3n) is 3.22. The summed E-state index contributed by atoms with van der Waals surface area (Å²) in [5.41, 5.74) is 0. The fourth-order valence-electron chi connectivity index (χ4n) is 2.41. The van der Waals surface area contributed by atoms with E-state index >= 15 is 0 Å². The molecule has 0 aliphatic carbocycles. The number of amides is 2. The van der Waals surface area contributed by atoms with Crippen LogP contribution in [-0.2, 0) is 14.3 Å². The Morgan fingerprint density at radius 1 is 1.30 bits per heavy atom. The summed E-state index contributed by atoms with van der Waals surface area (Å²) in [6.45, 7) is 3.63. The van der Waals surface area contributed by atoms with E-state index in [2.05, 4.69) is 0 Å². The van der Waals surface area contributed by atoms with Gasteiger partial charge in [-0.15, -0.1) is 0 Å². The van der Waals surface area contributed by atoms with Gasteiger partial charge in [0.1, 0.15) is 11.9 Å². The van der Waals surface area contributed by atoms with Crippen LogP contribution >= 0.6 is 0 Å². The van der Waals surface area contributed by atoms with Crippen molar-refractivity contribution in [2.45, 2.75) is 31.8 Å². The Hall–Kier alpha value is -1.92. The molecule has 0 aromatic heterocycles. The molecule has 0 N–H and O–H groups in total. The van der Waals surface area contributed by atoms with Gasteiger partial charge in [-0.3, -0.25) is 4.79 Å². The van der Waals surface area contributed by atoms with Gasteiger partial charge in [-0.25, -0.2) is 9.69 Å². The van der Waals surface area contributed by atoms with Crippen LogP contribution in [0.3, 0.4) is 0 Å². The van der Waals surface area contributed by atoms with Crippen LogP contribution in [0, 0.1) is 0 Å². The maximum atomic E-state index is 12.1. The minimum atomic E-state index is -0.791. The summed E-state index contributed by atoms with van der Waals surface area (Å²) in [6.07, 6.45) is -1.87. The van der Waals surface area contributed by atoms with Crippen LogP contribution in [0.4, 0.5) is 4.79 Å². The lowest BCUT2D eigenvalue weighted by atomic mass is 10.3. The molecular weight excluding hydrogens is 262 g/mol. The molecule has 1 aromatic carbocycles. The maximum Gasteiger partial charge on any atom is 0.422 e. The van der Waals surface area contributed by atoms with Gasteiger partial charge < -0.3 is 14.2 Å². The van der Waals surface area contributed by atoms with Crippen molar-refractivity contribution >= 4 is 12.0 Å². The van der Waals surface area contributed by atoms with Crippen LogP contribution in [0.25, 0.3) is 0 Å². The Morgan fingerprint density at radius 2 is 2.00 bits per heavy atom. The molecule has 2 aliphatic rings. The average molecular weight is 277 g/mol. The monoisotopic (exact) mass is 277 g/mol. The third-order valence-corrected chi connectivity index (χ3v) is 3.22. The number of rotatable bonds is 1. The molecule has 20 heavy (non-hydrogen) atoms. The van der Waals surface area contributed by atoms with Gasteiger partial charge in [-0.05, 0) is 26.0 Å². The highest BCUT2D eigenvalue weighted by atomic mass is 16.8. The second kappa shape index (κ2) is 4.57. The van der Waals surface area contributed by atoms with Gasteiger partial charge >= 0.3 is 6.09 Å². The molecule has 2 heterocycles. The summed E-state index contributed by atoms with van der Waals surface area (Å²) >= 11 is 0. The Kier molecular flexibility index (Phi) is 2.99. The van der Waals surface area contributed by atoms with Gasteiger partial charge in [0.2, 0.25) is 0 Å². The first-order valence-electron chi connectivity index (χ1n) is 6.40. The fourth-order valence-corrected chi connectivity index (χ4v) is 2.41. The highest BCUT2D eigenvalue weighted by Gasteiger charge is 2.54. The molecule has 3 rings (SSSR count). The predicted octanol–water partition coefficient (Wildman–Crippen LogP) is 1.55. The second-order valence-electron chi connectivity index (χ2n) is 5.22. The highest BCUT2D eigenvalue weighted by molar-refractivity contribution is 5.97. The molecule has 2 saturated heterocycles. The molecular formula is C14H15NO5. The first-order chi connectivity index (χ1) is 9.46. The number of carbonyl (C=O) groups is 2. The lowest BCUT2D eigenvalue weighted by molar-refractivity contribution is -0.166. The van der Waals surface area contributed by atoms with Crippen LogP contribution in [-0.4, -0.2) is 41.4 Å². The van der Waals surface area contributed by atoms with Crippen LogP contribution in [0.1, 0.15) is 13.8 Å². The van der Waals surface area contributed by atoms with Gasteiger partial charge in [0.25, 0.3) is 5.91 Å². The van der Waals surface area contributed by atoms with Gasteiger partial charge in [0.15, 0.2) is 11.9 Å². The third kappa shape index (κ3) is 2.28. The summed E-state index contributed by atoms with van der Waals surface area (Å²) in [5, 5.41) is 0. The van der Waals surface area contributed by atoms with Crippen molar-refractivity contribution in [2.24, 2.45) is 0 Å². The number of nitrogens with zero attached hydrogens (tertiary/aromatic N) is 1. The zero-order valence-electron chi connectivity index (χ0n) is 11.2. The molecule has 106 valence electrons. The van der Waals surface area contributed by atoms with Crippen molar-refractivity contribution in [3.8, 4) is 5.75 Å². The number of imide groups is 1. The first-order valence-corrected chi connectivity index (χ1v) is 6.40. The van der Waals surface area contributed by atoms with Crippen molar-refractivity contribution in [3.05, 3.63) is 30.3 Å². The smallest absolute Gasteiger partial charge is 0.410 e. The Balaban J connectivity index is 1.68. The molecule has 6 nitrogen and oxygen atoms in total. The number of hydrogen-bond acceptors (Lipinski definition) is 5. The van der Waals surface area contributed by atoms with E-state index in [1.807, 2.05) is 6.07 Å². The van der Waals surface area contributed by atoms with Crippen molar-refractivity contribution in [3.63, 3.8) is 0 Å². The molecule has 0 bridgehead atoms. The standard InChI is InChI=1S/C14H15NO5/c1-14(2)19-10-8-15(12(16)11(10)20-14)13(17)18-9-6-4-3-5-7-9/h3-7,10-11H,8H2,1-2H3/t10-,11-/m1/s1. The lowest BCUT2D eigenvalue weighted by Crippen LogP contribution is -2.39. The molecule has 2 atom stereocenters. The molecule has 0 unspecified atom stereocenters. The van der Waals surface area contributed by atoms with E-state index in [1.165, 1.54) is 0 Å². The summed E-state index contributed by atoms with van der Waals surface area (Å²) < 4.78 is 16.2. The normalized spacial score (nSPS) is 27.5. The minimum Gasteiger partial charge on any atom is -0.410 e. The molecule has 0 spiro atoms. The second-order valence-corrected chi connectivity index (χ2v) is 5.22. The Morgan fingerprint density at radius 3 is 2.65 bits per heavy atom. The van der Waals surface area contributed by atoms with Crippen LogP contribution in [0.2, 0.25) is 0 Å². The number of para-hydroxylation sites is 1. The number of likely N-dealkylation sites (tertiary alicyclic amines) is 1. The number of fused-ring (bicyclic) bond motifs is 1. The summed E-state index contributed by atoms with van der Waals surface area (Å²) in [5.74, 6) is -0.813. The number of ether oxygens (including phenoxy) is 3. The molecule has 1 aromatic rings. The van der Waals surface area contributed by atoms with Crippen molar-refractivity contribution < 1.29 is 23.8 Å². The first kappa shape index (κ1) is 13.1. The number of carbonyl (C=O) groups excluding carboxylic acids is 2. The number of hydrogen-bond donors (Lipinski definition) is 0. The molecule has 0 radical (unpaired) electrons. The number of benzene rings is 1.